The molecule has 8 nitrogen and oxygen atoms in total. The van der Waals surface area contributed by atoms with Crippen molar-refractivity contribution >= 4 is 17.8 Å². The van der Waals surface area contributed by atoms with E-state index in [2.05, 4.69) is 40.7 Å². The topological polar surface area (TPSA) is 81.2 Å². The van der Waals surface area contributed by atoms with E-state index in [0.29, 0.717) is 23.4 Å². The molecule has 0 atom stereocenters. The van der Waals surface area contributed by atoms with Crippen LogP contribution in [-0.2, 0) is 12.7 Å². The van der Waals surface area contributed by atoms with Crippen LogP contribution >= 0.6 is 0 Å². The molecule has 0 aliphatic carbocycles. The third-order valence-electron chi connectivity index (χ3n) is 5.12. The molecule has 3 N–H and O–H groups in total. The number of alkyl halides is 3. The Morgan fingerprint density at radius 3 is 1.97 bits per heavy atom. The maximum absolute atomic E-state index is 13.0. The van der Waals surface area contributed by atoms with Gasteiger partial charge in [-0.2, -0.15) is 28.1 Å². The Morgan fingerprint density at radius 1 is 0.867 bits per heavy atom. The zero-order valence-corrected chi connectivity index (χ0v) is 16.5. The Hall–Kier alpha value is -2.66. The summed E-state index contributed by atoms with van der Waals surface area (Å²) < 4.78 is 38.9. The van der Waals surface area contributed by atoms with Gasteiger partial charge in [0.2, 0.25) is 17.8 Å². The Labute approximate surface area is 172 Å². The summed E-state index contributed by atoms with van der Waals surface area (Å²) in [6.07, 6.45) is -4.37. The van der Waals surface area contributed by atoms with Gasteiger partial charge in [-0.3, -0.25) is 0 Å². The number of halogens is 3. The van der Waals surface area contributed by atoms with Crippen molar-refractivity contribution in [2.24, 2.45) is 0 Å². The molecule has 2 aliphatic rings. The molecule has 2 fully saturated rings. The van der Waals surface area contributed by atoms with E-state index >= 15 is 0 Å². The van der Waals surface area contributed by atoms with Gasteiger partial charge in [0.05, 0.1) is 5.56 Å². The van der Waals surface area contributed by atoms with Crippen molar-refractivity contribution in [2.75, 3.05) is 67.5 Å². The molecular weight excluding hydrogens is 397 g/mol. The second-order valence-electron chi connectivity index (χ2n) is 7.28. The van der Waals surface area contributed by atoms with E-state index in [4.69, 9.17) is 0 Å². The number of aromatic nitrogens is 3. The monoisotopic (exact) mass is 422 g/mol. The molecule has 2 aliphatic heterocycles. The highest BCUT2D eigenvalue weighted by Gasteiger charge is 2.30. The molecule has 162 valence electrons. The van der Waals surface area contributed by atoms with Crippen LogP contribution < -0.4 is 25.8 Å². The van der Waals surface area contributed by atoms with Gasteiger partial charge in [-0.15, -0.1) is 0 Å². The van der Waals surface area contributed by atoms with E-state index in [0.717, 1.165) is 64.5 Å². The van der Waals surface area contributed by atoms with E-state index in [1.54, 1.807) is 6.07 Å². The number of rotatable bonds is 5. The van der Waals surface area contributed by atoms with Crippen LogP contribution in [0.1, 0.15) is 11.1 Å². The van der Waals surface area contributed by atoms with Crippen molar-refractivity contribution in [3.8, 4) is 0 Å². The average molecular weight is 422 g/mol. The van der Waals surface area contributed by atoms with Crippen molar-refractivity contribution in [3.63, 3.8) is 0 Å². The minimum absolute atomic E-state index is 0.190. The highest BCUT2D eigenvalue weighted by molar-refractivity contribution is 5.46. The molecule has 11 heteroatoms. The van der Waals surface area contributed by atoms with Gasteiger partial charge in [0, 0.05) is 58.9 Å². The first-order valence-corrected chi connectivity index (χ1v) is 10.1. The van der Waals surface area contributed by atoms with Crippen LogP contribution in [0.5, 0.6) is 0 Å². The fraction of sp³-hybridized carbons (Fsp3) is 0.526. The molecule has 2 saturated heterocycles. The number of anilines is 3. The van der Waals surface area contributed by atoms with Crippen molar-refractivity contribution in [1.82, 2.24) is 25.6 Å². The SMILES string of the molecule is FC(F)(F)c1cccc(CNc2nc(N3CCNCC3)nc(N3CCNCC3)n2)c1. The summed E-state index contributed by atoms with van der Waals surface area (Å²) in [4.78, 5) is 17.9. The van der Waals surface area contributed by atoms with Crippen LogP contribution in [0, 0.1) is 0 Å². The van der Waals surface area contributed by atoms with Crippen LogP contribution in [0.2, 0.25) is 0 Å². The van der Waals surface area contributed by atoms with Crippen molar-refractivity contribution in [1.29, 1.82) is 0 Å². The molecule has 3 heterocycles. The van der Waals surface area contributed by atoms with E-state index in [-0.39, 0.29) is 6.54 Å². The van der Waals surface area contributed by atoms with Crippen molar-refractivity contribution in [3.05, 3.63) is 35.4 Å². The molecule has 0 unspecified atom stereocenters. The standard InChI is InChI=1S/C19H25F3N8/c20-19(21,22)15-3-1-2-14(12-15)13-25-16-26-17(29-8-4-23-5-9-29)28-18(27-16)30-10-6-24-7-11-30/h1-3,12,23-24H,4-11,13H2,(H,25,26,27,28). The smallest absolute Gasteiger partial charge is 0.350 e. The quantitative estimate of drug-likeness (QED) is 0.666. The molecule has 30 heavy (non-hydrogen) atoms. The van der Waals surface area contributed by atoms with E-state index in [1.165, 1.54) is 6.07 Å². The van der Waals surface area contributed by atoms with Crippen LogP contribution in [0.4, 0.5) is 31.0 Å². The van der Waals surface area contributed by atoms with Crippen LogP contribution in [0.25, 0.3) is 0 Å². The Kier molecular flexibility index (Phi) is 6.18. The summed E-state index contributed by atoms with van der Waals surface area (Å²) in [5.74, 6) is 1.54. The number of benzene rings is 1. The van der Waals surface area contributed by atoms with E-state index in [1.807, 2.05) is 0 Å². The van der Waals surface area contributed by atoms with E-state index in [9.17, 15) is 13.2 Å². The Balaban J connectivity index is 1.55. The van der Waals surface area contributed by atoms with Gasteiger partial charge >= 0.3 is 6.18 Å². The first-order valence-electron chi connectivity index (χ1n) is 10.1. The lowest BCUT2D eigenvalue weighted by molar-refractivity contribution is -0.137. The predicted molar refractivity (Wildman–Crippen MR) is 109 cm³/mol. The van der Waals surface area contributed by atoms with Gasteiger partial charge in [-0.05, 0) is 17.7 Å². The predicted octanol–water partition coefficient (Wildman–Crippen LogP) is 1.32. The lowest BCUT2D eigenvalue weighted by Crippen LogP contribution is -2.46. The first kappa shape index (κ1) is 20.6. The number of hydrogen-bond donors (Lipinski definition) is 3. The summed E-state index contributed by atoms with van der Waals surface area (Å²) in [6, 6.07) is 5.27. The minimum Gasteiger partial charge on any atom is -0.350 e. The Bertz CT molecular complexity index is 812. The summed E-state index contributed by atoms with van der Waals surface area (Å²) in [5, 5.41) is 9.69. The number of hydrogen-bond acceptors (Lipinski definition) is 8. The molecule has 0 saturated carbocycles. The lowest BCUT2D eigenvalue weighted by atomic mass is 10.1. The second kappa shape index (κ2) is 9.00. The maximum atomic E-state index is 13.0. The van der Waals surface area contributed by atoms with E-state index < -0.39 is 11.7 Å². The molecule has 2 aromatic rings. The third-order valence-corrected chi connectivity index (χ3v) is 5.12. The molecule has 1 aromatic carbocycles. The zero-order chi connectivity index (χ0) is 21.0. The molecule has 0 spiro atoms. The maximum Gasteiger partial charge on any atom is 0.416 e. The van der Waals surface area contributed by atoms with Gasteiger partial charge in [0.1, 0.15) is 0 Å². The molecule has 1 aromatic heterocycles. The lowest BCUT2D eigenvalue weighted by Gasteiger charge is -2.30. The van der Waals surface area contributed by atoms with Gasteiger partial charge in [0.25, 0.3) is 0 Å². The number of piperazine rings is 2. The highest BCUT2D eigenvalue weighted by Crippen LogP contribution is 2.29. The van der Waals surface area contributed by atoms with Gasteiger partial charge in [-0.1, -0.05) is 12.1 Å². The summed E-state index contributed by atoms with van der Waals surface area (Å²) >= 11 is 0. The molecule has 0 bridgehead atoms. The number of nitrogens with one attached hydrogen (secondary N) is 3. The van der Waals surface area contributed by atoms with Crippen LogP contribution in [-0.4, -0.2) is 67.3 Å². The summed E-state index contributed by atoms with van der Waals surface area (Å²) in [6.45, 7) is 6.74. The largest absolute Gasteiger partial charge is 0.416 e. The van der Waals surface area contributed by atoms with Crippen molar-refractivity contribution in [2.45, 2.75) is 12.7 Å². The highest BCUT2D eigenvalue weighted by atomic mass is 19.4. The second-order valence-corrected chi connectivity index (χ2v) is 7.28. The zero-order valence-electron chi connectivity index (χ0n) is 16.5. The van der Waals surface area contributed by atoms with Crippen LogP contribution in [0.3, 0.4) is 0 Å². The third kappa shape index (κ3) is 5.08. The Morgan fingerprint density at radius 2 is 1.43 bits per heavy atom. The normalized spacial score (nSPS) is 17.8. The average Bonchev–Trinajstić information content (AvgIpc) is 2.78. The molecule has 4 rings (SSSR count). The first-order chi connectivity index (χ1) is 14.5. The van der Waals surface area contributed by atoms with Gasteiger partial charge < -0.3 is 25.8 Å². The molecule has 0 radical (unpaired) electrons. The minimum atomic E-state index is -4.37. The fourth-order valence-corrected chi connectivity index (χ4v) is 3.48. The summed E-state index contributed by atoms with van der Waals surface area (Å²) in [7, 11) is 0. The molecule has 0 amide bonds. The van der Waals surface area contributed by atoms with Crippen molar-refractivity contribution < 1.29 is 13.2 Å². The van der Waals surface area contributed by atoms with Gasteiger partial charge in [-0.25, -0.2) is 0 Å². The summed E-state index contributed by atoms with van der Waals surface area (Å²) in [5.41, 5.74) is -0.154. The number of nitrogens with zero attached hydrogens (tertiary/aromatic N) is 5. The molecular formula is C19H25F3N8. The van der Waals surface area contributed by atoms with Gasteiger partial charge in [0.15, 0.2) is 0 Å². The fourth-order valence-electron chi connectivity index (χ4n) is 3.48. The van der Waals surface area contributed by atoms with Crippen LogP contribution in [0.15, 0.2) is 24.3 Å².